The number of ether oxygens (including phenoxy) is 1. The summed E-state index contributed by atoms with van der Waals surface area (Å²) in [6.07, 6.45) is 3.64. The van der Waals surface area contributed by atoms with Gasteiger partial charge in [0, 0.05) is 0 Å². The van der Waals surface area contributed by atoms with Crippen LogP contribution in [-0.2, 0) is 4.74 Å². The van der Waals surface area contributed by atoms with Gasteiger partial charge in [0.25, 0.3) is 8.38 Å². The Balaban J connectivity index is 2.45. The highest BCUT2D eigenvalue weighted by atomic mass is 31.2. The summed E-state index contributed by atoms with van der Waals surface area (Å²) in [4.78, 5) is 9.86. The fourth-order valence-electron chi connectivity index (χ4n) is 1.88. The van der Waals surface area contributed by atoms with E-state index in [4.69, 9.17) is 14.4 Å². The zero-order chi connectivity index (χ0) is 16.2. The second-order valence-corrected chi connectivity index (χ2v) is 5.95. The molecule has 0 aliphatic heterocycles. The minimum Gasteiger partial charge on any atom is -0.446 e. The van der Waals surface area contributed by atoms with Crippen molar-refractivity contribution < 1.29 is 23.7 Å². The summed E-state index contributed by atoms with van der Waals surface area (Å²) in [5.74, 6) is 0.0512. The van der Waals surface area contributed by atoms with Crippen LogP contribution in [0.3, 0.4) is 0 Å². The van der Waals surface area contributed by atoms with Gasteiger partial charge in [-0.05, 0) is 24.6 Å². The molecule has 4 nitrogen and oxygen atoms in total. The molecule has 1 aromatic carbocycles. The van der Waals surface area contributed by atoms with E-state index in [2.05, 4.69) is 6.92 Å². The Hall–Kier alpha value is -1.00. The van der Waals surface area contributed by atoms with Gasteiger partial charge in [-0.1, -0.05) is 44.4 Å². The Bertz CT molecular complexity index is 427. The monoisotopic (exact) mass is 330 g/mol. The molecule has 0 saturated carbocycles. The van der Waals surface area contributed by atoms with E-state index >= 15 is 0 Å². The van der Waals surface area contributed by atoms with Crippen LogP contribution in [-0.4, -0.2) is 29.1 Å². The summed E-state index contributed by atoms with van der Waals surface area (Å²) in [5.41, 5.74) is 0. The summed E-state index contributed by atoms with van der Waals surface area (Å²) in [6, 6.07) is 8.92. The number of aliphatic hydroxyl groups is 1. The first-order valence-electron chi connectivity index (χ1n) is 7.44. The van der Waals surface area contributed by atoms with Gasteiger partial charge in [0.1, 0.15) is 24.0 Å². The maximum atomic E-state index is 13.8. The van der Waals surface area contributed by atoms with Crippen molar-refractivity contribution in [3.63, 3.8) is 0 Å². The number of hydrogen-bond acceptors (Lipinski definition) is 4. The predicted octanol–water partition coefficient (Wildman–Crippen LogP) is 4.14. The smallest absolute Gasteiger partial charge is 0.255 e. The van der Waals surface area contributed by atoms with Gasteiger partial charge in [0.2, 0.25) is 0 Å². The van der Waals surface area contributed by atoms with Crippen LogP contribution >= 0.6 is 8.38 Å². The van der Waals surface area contributed by atoms with E-state index in [9.17, 15) is 9.28 Å². The van der Waals surface area contributed by atoms with E-state index in [1.807, 2.05) is 6.07 Å². The zero-order valence-corrected chi connectivity index (χ0v) is 13.7. The van der Waals surface area contributed by atoms with Crippen molar-refractivity contribution in [2.75, 3.05) is 13.0 Å². The van der Waals surface area contributed by atoms with E-state index in [0.29, 0.717) is 12.2 Å². The third-order valence-electron chi connectivity index (χ3n) is 3.00. The molecule has 124 valence electrons. The first-order valence-corrected chi connectivity index (χ1v) is 8.84. The molecule has 22 heavy (non-hydrogen) atoms. The number of halogens is 1. The van der Waals surface area contributed by atoms with Crippen LogP contribution in [0.5, 0.6) is 5.75 Å². The van der Waals surface area contributed by atoms with Gasteiger partial charge in [-0.3, -0.25) is 0 Å². The molecule has 0 amide bonds. The Morgan fingerprint density at radius 3 is 2.68 bits per heavy atom. The molecule has 0 aliphatic rings. The molecule has 1 aromatic rings. The van der Waals surface area contributed by atoms with Crippen molar-refractivity contribution in [3.05, 3.63) is 42.2 Å². The number of hydrogen-bond donors (Lipinski definition) is 2. The quantitative estimate of drug-likeness (QED) is 0.473. The Labute approximate surface area is 132 Å². The summed E-state index contributed by atoms with van der Waals surface area (Å²) in [5, 5.41) is 8.79. The molecule has 0 bridgehead atoms. The molecule has 0 saturated heterocycles. The molecule has 0 radical (unpaired) electrons. The van der Waals surface area contributed by atoms with Gasteiger partial charge >= 0.3 is 0 Å². The Morgan fingerprint density at radius 1 is 1.32 bits per heavy atom. The van der Waals surface area contributed by atoms with Crippen LogP contribution in [0, 0.1) is 0 Å². The second kappa shape index (κ2) is 11.6. The molecule has 2 N–H and O–H groups in total. The lowest BCUT2D eigenvalue weighted by molar-refractivity contribution is 0.0813. The molecular formula is C16H24FO4P. The normalized spacial score (nSPS) is 14.6. The third kappa shape index (κ3) is 7.85. The molecule has 2 atom stereocenters. The van der Waals surface area contributed by atoms with Gasteiger partial charge in [-0.2, -0.15) is 0 Å². The molecule has 1 unspecified atom stereocenters. The number of rotatable bonds is 11. The van der Waals surface area contributed by atoms with Crippen molar-refractivity contribution >= 4 is 8.38 Å². The van der Waals surface area contributed by atoms with Crippen LogP contribution in [0.25, 0.3) is 0 Å². The Morgan fingerprint density at radius 2 is 2.05 bits per heavy atom. The highest BCUT2D eigenvalue weighted by Crippen LogP contribution is 2.34. The van der Waals surface area contributed by atoms with Crippen LogP contribution < -0.4 is 4.52 Å². The molecular weight excluding hydrogens is 306 g/mol. The fourth-order valence-corrected chi connectivity index (χ4v) is 2.61. The van der Waals surface area contributed by atoms with Gasteiger partial charge < -0.3 is 19.3 Å². The summed E-state index contributed by atoms with van der Waals surface area (Å²) >= 11 is 0. The van der Waals surface area contributed by atoms with E-state index in [-0.39, 0.29) is 13.0 Å². The first-order chi connectivity index (χ1) is 10.7. The molecule has 6 heteroatoms. The van der Waals surface area contributed by atoms with Crippen LogP contribution in [0.1, 0.15) is 32.6 Å². The van der Waals surface area contributed by atoms with E-state index in [1.54, 1.807) is 24.3 Å². The van der Waals surface area contributed by atoms with E-state index in [0.717, 1.165) is 25.3 Å². The maximum absolute atomic E-state index is 13.8. The summed E-state index contributed by atoms with van der Waals surface area (Å²) in [7, 11) is -1.82. The number of benzene rings is 1. The molecule has 1 rings (SSSR count). The maximum Gasteiger partial charge on any atom is 0.255 e. The summed E-state index contributed by atoms with van der Waals surface area (Å²) < 4.78 is 24.6. The molecule has 0 spiro atoms. The standard InChI is InChI=1S/C16H24FO4P/c1-2-3-5-10-16(15(17)11-12-18)20-13-22(19)21-14-8-6-4-7-9-14/h4,6-9,11,16,18-19H,2-3,5,10,12-13H2,1H3/b15-11+/t16?,22-/m0/s1. The van der Waals surface area contributed by atoms with Crippen LogP contribution in [0.4, 0.5) is 4.39 Å². The Kier molecular flexibility index (Phi) is 10.0. The number of aliphatic hydroxyl groups excluding tert-OH is 1. The highest BCUT2D eigenvalue weighted by Gasteiger charge is 2.18. The molecule has 0 aliphatic carbocycles. The van der Waals surface area contributed by atoms with Crippen molar-refractivity contribution in [1.82, 2.24) is 0 Å². The van der Waals surface area contributed by atoms with Gasteiger partial charge in [-0.25, -0.2) is 4.39 Å². The van der Waals surface area contributed by atoms with Crippen molar-refractivity contribution in [1.29, 1.82) is 0 Å². The van der Waals surface area contributed by atoms with E-state index in [1.165, 1.54) is 0 Å². The second-order valence-electron chi connectivity index (χ2n) is 4.81. The molecule has 0 heterocycles. The average Bonchev–Trinajstić information content (AvgIpc) is 2.52. The van der Waals surface area contributed by atoms with Gasteiger partial charge in [0.15, 0.2) is 0 Å². The number of para-hydroxylation sites is 1. The predicted molar refractivity (Wildman–Crippen MR) is 86.4 cm³/mol. The first kappa shape index (κ1) is 19.0. The van der Waals surface area contributed by atoms with E-state index < -0.39 is 20.3 Å². The minimum absolute atomic E-state index is 0.0757. The largest absolute Gasteiger partial charge is 0.446 e. The SMILES string of the molecule is CCCCCC(OC[P@@](O)Oc1ccccc1)/C(F)=C\CO. The lowest BCUT2D eigenvalue weighted by Gasteiger charge is -2.18. The highest BCUT2D eigenvalue weighted by molar-refractivity contribution is 7.46. The third-order valence-corrected chi connectivity index (χ3v) is 3.80. The van der Waals surface area contributed by atoms with Crippen molar-refractivity contribution in [2.45, 2.75) is 38.7 Å². The topological polar surface area (TPSA) is 58.9 Å². The van der Waals surface area contributed by atoms with Gasteiger partial charge in [0.05, 0.1) is 6.61 Å². The lowest BCUT2D eigenvalue weighted by atomic mass is 10.1. The van der Waals surface area contributed by atoms with Crippen LogP contribution in [0.15, 0.2) is 42.2 Å². The minimum atomic E-state index is -1.82. The van der Waals surface area contributed by atoms with Crippen molar-refractivity contribution in [2.24, 2.45) is 0 Å². The van der Waals surface area contributed by atoms with Crippen LogP contribution in [0.2, 0.25) is 0 Å². The summed E-state index contributed by atoms with van der Waals surface area (Å²) in [6.45, 7) is 1.70. The molecule has 0 fully saturated rings. The zero-order valence-electron chi connectivity index (χ0n) is 12.8. The average molecular weight is 330 g/mol. The lowest BCUT2D eigenvalue weighted by Crippen LogP contribution is -2.15. The molecule has 0 aromatic heterocycles. The van der Waals surface area contributed by atoms with Gasteiger partial charge in [-0.15, -0.1) is 0 Å². The van der Waals surface area contributed by atoms with Crippen molar-refractivity contribution in [3.8, 4) is 5.75 Å². The number of unbranched alkanes of at least 4 members (excludes halogenated alkanes) is 2. The fraction of sp³-hybridized carbons (Fsp3) is 0.500.